The van der Waals surface area contributed by atoms with Crippen molar-refractivity contribution in [1.82, 2.24) is 24.5 Å². The van der Waals surface area contributed by atoms with Gasteiger partial charge < -0.3 is 4.74 Å². The second-order valence-corrected chi connectivity index (χ2v) is 7.69. The Bertz CT molecular complexity index is 1140. The largest absolute Gasteiger partial charge is 0.462 e. The molecule has 0 radical (unpaired) electrons. The molecule has 0 aliphatic rings. The molecule has 0 spiro atoms. The lowest BCUT2D eigenvalue weighted by Crippen LogP contribution is -2.27. The maximum Gasteiger partial charge on any atom is 0.318 e. The Morgan fingerprint density at radius 2 is 1.93 bits per heavy atom. The molecule has 0 aliphatic heterocycles. The average molecular weight is 394 g/mol. The van der Waals surface area contributed by atoms with Crippen molar-refractivity contribution in [2.24, 2.45) is 0 Å². The summed E-state index contributed by atoms with van der Waals surface area (Å²) in [5.41, 5.74) is 3.69. The van der Waals surface area contributed by atoms with Gasteiger partial charge in [0.1, 0.15) is 18.0 Å². The third-order valence-electron chi connectivity index (χ3n) is 4.63. The number of halogens is 1. The number of benzene rings is 1. The zero-order valence-electron chi connectivity index (χ0n) is 15.9. The van der Waals surface area contributed by atoms with Crippen LogP contribution in [0, 0.1) is 6.92 Å². The highest BCUT2D eigenvalue weighted by Gasteiger charge is 2.23. The molecule has 1 aromatic carbocycles. The van der Waals surface area contributed by atoms with Crippen molar-refractivity contribution in [3.63, 3.8) is 0 Å². The predicted molar refractivity (Wildman–Crippen MR) is 109 cm³/mol. The molecule has 4 rings (SSSR count). The van der Waals surface area contributed by atoms with Crippen LogP contribution >= 0.6 is 11.6 Å². The minimum absolute atomic E-state index is 0.224. The molecular weight excluding hydrogens is 374 g/mol. The smallest absolute Gasteiger partial charge is 0.318 e. The summed E-state index contributed by atoms with van der Waals surface area (Å²) in [5, 5.41) is 0.430. The maximum absolute atomic E-state index is 6.36. The van der Waals surface area contributed by atoms with E-state index in [9.17, 15) is 0 Å². The van der Waals surface area contributed by atoms with E-state index >= 15 is 0 Å². The molecule has 0 N–H and O–H groups in total. The highest BCUT2D eigenvalue weighted by Crippen LogP contribution is 2.26. The fraction of sp³-hybridized carbons (Fsp3) is 0.238. The van der Waals surface area contributed by atoms with Gasteiger partial charge in [-0.2, -0.15) is 4.98 Å². The number of ether oxygens (including phenoxy) is 1. The Kier molecular flexibility index (Phi) is 4.73. The monoisotopic (exact) mass is 393 g/mol. The average Bonchev–Trinajstić information content (AvgIpc) is 3.11. The molecule has 4 aromatic rings. The first-order chi connectivity index (χ1) is 13.4. The third-order valence-corrected chi connectivity index (χ3v) is 4.89. The Hall–Kier alpha value is -2.99. The molecule has 0 unspecified atom stereocenters. The number of hydrogen-bond donors (Lipinski definition) is 0. The van der Waals surface area contributed by atoms with Crippen LogP contribution in [0.2, 0.25) is 5.02 Å². The summed E-state index contributed by atoms with van der Waals surface area (Å²) in [5.74, 6) is 0.540. The number of fused-ring (bicyclic) bond motifs is 1. The van der Waals surface area contributed by atoms with Crippen LogP contribution in [0.4, 0.5) is 0 Å². The molecule has 0 atom stereocenters. The SMILES string of the molecule is Cc1cc(C(C)(C)COc2ncc(Cl)c(-n3cnc4ccccc43)n2)ccn1. The summed E-state index contributed by atoms with van der Waals surface area (Å²) in [6.07, 6.45) is 5.07. The Labute approximate surface area is 168 Å². The number of hydrogen-bond acceptors (Lipinski definition) is 5. The van der Waals surface area contributed by atoms with Crippen LogP contribution in [0.15, 0.2) is 55.1 Å². The maximum atomic E-state index is 6.36. The number of aromatic nitrogens is 5. The molecule has 0 aliphatic carbocycles. The van der Waals surface area contributed by atoms with E-state index in [0.29, 0.717) is 17.4 Å². The quantitative estimate of drug-likeness (QED) is 0.498. The molecule has 3 aromatic heterocycles. The van der Waals surface area contributed by atoms with Crippen molar-refractivity contribution in [2.45, 2.75) is 26.2 Å². The van der Waals surface area contributed by atoms with Gasteiger partial charge in [0.25, 0.3) is 0 Å². The van der Waals surface area contributed by atoms with E-state index in [1.807, 2.05) is 48.0 Å². The fourth-order valence-electron chi connectivity index (χ4n) is 3.00. The number of para-hydroxylation sites is 2. The van der Waals surface area contributed by atoms with Crippen LogP contribution in [0.1, 0.15) is 25.1 Å². The van der Waals surface area contributed by atoms with Gasteiger partial charge in [-0.25, -0.2) is 9.97 Å². The zero-order valence-corrected chi connectivity index (χ0v) is 16.7. The van der Waals surface area contributed by atoms with Crippen molar-refractivity contribution in [1.29, 1.82) is 0 Å². The topological polar surface area (TPSA) is 65.7 Å². The summed E-state index contributed by atoms with van der Waals surface area (Å²) in [7, 11) is 0. The summed E-state index contributed by atoms with van der Waals surface area (Å²) in [6.45, 7) is 6.62. The number of aryl methyl sites for hydroxylation is 1. The minimum atomic E-state index is -0.224. The van der Waals surface area contributed by atoms with Gasteiger partial charge in [0, 0.05) is 17.3 Å². The van der Waals surface area contributed by atoms with Gasteiger partial charge in [0.2, 0.25) is 0 Å². The van der Waals surface area contributed by atoms with Gasteiger partial charge in [-0.1, -0.05) is 37.6 Å². The summed E-state index contributed by atoms with van der Waals surface area (Å²) in [6, 6.07) is 12.1. The van der Waals surface area contributed by atoms with E-state index in [1.54, 1.807) is 12.5 Å². The Morgan fingerprint density at radius 1 is 1.11 bits per heavy atom. The van der Waals surface area contributed by atoms with E-state index in [1.165, 1.54) is 0 Å². The fourth-order valence-corrected chi connectivity index (χ4v) is 3.19. The second kappa shape index (κ2) is 7.20. The predicted octanol–water partition coefficient (Wildman–Crippen LogP) is 4.53. The summed E-state index contributed by atoms with van der Waals surface area (Å²) >= 11 is 6.36. The van der Waals surface area contributed by atoms with Crippen LogP contribution in [0.3, 0.4) is 0 Å². The van der Waals surface area contributed by atoms with Crippen LogP contribution in [0.5, 0.6) is 6.01 Å². The molecule has 0 saturated carbocycles. The van der Waals surface area contributed by atoms with Gasteiger partial charge in [0.15, 0.2) is 5.82 Å². The molecule has 3 heterocycles. The Morgan fingerprint density at radius 3 is 2.75 bits per heavy atom. The normalized spacial score (nSPS) is 11.7. The van der Waals surface area contributed by atoms with Crippen LogP contribution < -0.4 is 4.74 Å². The lowest BCUT2D eigenvalue weighted by Gasteiger charge is -2.25. The highest BCUT2D eigenvalue weighted by molar-refractivity contribution is 6.32. The molecule has 6 nitrogen and oxygen atoms in total. The summed E-state index contributed by atoms with van der Waals surface area (Å²) in [4.78, 5) is 17.4. The number of pyridine rings is 1. The van der Waals surface area contributed by atoms with E-state index in [4.69, 9.17) is 16.3 Å². The van der Waals surface area contributed by atoms with E-state index in [0.717, 1.165) is 22.3 Å². The first kappa shape index (κ1) is 18.4. The molecule has 7 heteroatoms. The number of nitrogens with zero attached hydrogens (tertiary/aromatic N) is 5. The first-order valence-corrected chi connectivity index (χ1v) is 9.33. The van der Waals surface area contributed by atoms with Crippen LogP contribution in [-0.4, -0.2) is 31.1 Å². The molecule has 28 heavy (non-hydrogen) atoms. The van der Waals surface area contributed by atoms with E-state index < -0.39 is 0 Å². The summed E-state index contributed by atoms with van der Waals surface area (Å²) < 4.78 is 7.77. The van der Waals surface area contributed by atoms with E-state index in [-0.39, 0.29) is 11.4 Å². The first-order valence-electron chi connectivity index (χ1n) is 8.95. The lowest BCUT2D eigenvalue weighted by atomic mass is 9.86. The van der Waals surface area contributed by atoms with Crippen molar-refractivity contribution in [3.05, 3.63) is 71.4 Å². The van der Waals surface area contributed by atoms with Crippen LogP contribution in [-0.2, 0) is 5.41 Å². The number of rotatable bonds is 5. The van der Waals surface area contributed by atoms with Gasteiger partial charge >= 0.3 is 6.01 Å². The molecule has 0 amide bonds. The minimum Gasteiger partial charge on any atom is -0.462 e. The van der Waals surface area contributed by atoms with Gasteiger partial charge in [0.05, 0.1) is 17.2 Å². The zero-order chi connectivity index (χ0) is 19.7. The number of imidazole rings is 1. The molecular formula is C21H20ClN5O. The standard InChI is InChI=1S/C21H20ClN5O/c1-14-10-15(8-9-23-14)21(2,3)12-28-20-24-11-16(22)19(26-20)27-13-25-17-6-4-5-7-18(17)27/h4-11,13H,12H2,1-3H3. The molecule has 142 valence electrons. The highest BCUT2D eigenvalue weighted by atomic mass is 35.5. The van der Waals surface area contributed by atoms with Gasteiger partial charge in [-0.05, 0) is 36.8 Å². The molecule has 0 saturated heterocycles. The van der Waals surface area contributed by atoms with Crippen LogP contribution in [0.25, 0.3) is 16.9 Å². The van der Waals surface area contributed by atoms with Crippen molar-refractivity contribution >= 4 is 22.6 Å². The molecule has 0 bridgehead atoms. The van der Waals surface area contributed by atoms with Gasteiger partial charge in [-0.3, -0.25) is 9.55 Å². The van der Waals surface area contributed by atoms with Crippen molar-refractivity contribution in [2.75, 3.05) is 6.61 Å². The molecule has 0 fully saturated rings. The Balaban J connectivity index is 1.61. The third kappa shape index (κ3) is 3.55. The van der Waals surface area contributed by atoms with E-state index in [2.05, 4.69) is 39.8 Å². The van der Waals surface area contributed by atoms with Crippen molar-refractivity contribution < 1.29 is 4.74 Å². The lowest BCUT2D eigenvalue weighted by molar-refractivity contribution is 0.223. The second-order valence-electron chi connectivity index (χ2n) is 7.29. The van der Waals surface area contributed by atoms with Gasteiger partial charge in [-0.15, -0.1) is 0 Å². The van der Waals surface area contributed by atoms with Crippen molar-refractivity contribution in [3.8, 4) is 11.8 Å².